The van der Waals surface area contributed by atoms with Crippen LogP contribution in [0.4, 0.5) is 0 Å². The van der Waals surface area contributed by atoms with Crippen molar-refractivity contribution in [3.63, 3.8) is 0 Å². The van der Waals surface area contributed by atoms with Crippen molar-refractivity contribution in [2.75, 3.05) is 13.9 Å². The number of hydrogen-bond acceptors (Lipinski definition) is 3. The predicted octanol–water partition coefficient (Wildman–Crippen LogP) is 7.74. The van der Waals surface area contributed by atoms with Crippen LogP contribution >= 0.6 is 0 Å². The second kappa shape index (κ2) is 9.32. The molecule has 4 fully saturated rings. The Labute approximate surface area is 213 Å². The van der Waals surface area contributed by atoms with Crippen molar-refractivity contribution >= 4 is 16.7 Å². The van der Waals surface area contributed by atoms with E-state index in [2.05, 4.69) is 37.3 Å². The molecule has 36 heavy (non-hydrogen) atoms. The molecule has 4 aliphatic carbocycles. The molecule has 3 aromatic rings. The van der Waals surface area contributed by atoms with E-state index in [0.717, 1.165) is 35.3 Å². The summed E-state index contributed by atoms with van der Waals surface area (Å²) in [4.78, 5) is 11.4. The van der Waals surface area contributed by atoms with Crippen molar-refractivity contribution in [3.8, 4) is 11.1 Å². The Bertz CT molecular complexity index is 1240. The molecule has 1 atom stereocenters. The van der Waals surface area contributed by atoms with Crippen LogP contribution in [0.3, 0.4) is 0 Å². The maximum atomic E-state index is 11.4. The minimum absolute atomic E-state index is 0.0101. The summed E-state index contributed by atoms with van der Waals surface area (Å²) in [5.74, 6) is 1.69. The van der Waals surface area contributed by atoms with Crippen LogP contribution in [0.1, 0.15) is 79.5 Å². The van der Waals surface area contributed by atoms with Crippen LogP contribution in [0.5, 0.6) is 0 Å². The molecule has 188 valence electrons. The van der Waals surface area contributed by atoms with Crippen molar-refractivity contribution in [3.05, 3.63) is 71.3 Å². The number of carboxylic acids is 1. The third-order valence-electron chi connectivity index (χ3n) is 9.21. The number of benzene rings is 3. The zero-order valence-corrected chi connectivity index (χ0v) is 21.3. The molecule has 4 aliphatic rings. The molecule has 4 bridgehead atoms. The van der Waals surface area contributed by atoms with Crippen LogP contribution in [0.2, 0.25) is 0 Å². The molecule has 4 saturated carbocycles. The molecule has 0 heterocycles. The highest BCUT2D eigenvalue weighted by molar-refractivity contribution is 5.98. The summed E-state index contributed by atoms with van der Waals surface area (Å²) in [6, 6.07) is 18.6. The first kappa shape index (κ1) is 23.7. The van der Waals surface area contributed by atoms with Crippen LogP contribution in [-0.4, -0.2) is 25.0 Å². The smallest absolute Gasteiger partial charge is 0.335 e. The Morgan fingerprint density at radius 1 is 1.00 bits per heavy atom. The molecular formula is C32H36O4. The maximum absolute atomic E-state index is 11.4. The van der Waals surface area contributed by atoms with Crippen molar-refractivity contribution in [1.82, 2.24) is 0 Å². The van der Waals surface area contributed by atoms with E-state index in [1.165, 1.54) is 60.4 Å². The third-order valence-corrected chi connectivity index (χ3v) is 9.21. The van der Waals surface area contributed by atoms with Gasteiger partial charge in [-0.1, -0.05) is 37.3 Å². The SMILES string of the molecule is CCC(OCOC)c1cc2cccc(-c3ccc(C(=O)O)cc3)c2cc1C12CC3CC(CC(C3)C1)C2. The first-order valence-electron chi connectivity index (χ1n) is 13.5. The average molecular weight is 485 g/mol. The monoisotopic (exact) mass is 484 g/mol. The van der Waals surface area contributed by atoms with Crippen LogP contribution in [0.15, 0.2) is 54.6 Å². The molecule has 4 heteroatoms. The largest absolute Gasteiger partial charge is 0.478 e. The van der Waals surface area contributed by atoms with Crippen molar-refractivity contribution < 1.29 is 19.4 Å². The van der Waals surface area contributed by atoms with E-state index in [1.807, 2.05) is 12.1 Å². The number of fused-ring (bicyclic) bond motifs is 1. The second-order valence-electron chi connectivity index (χ2n) is 11.5. The molecule has 0 aromatic heterocycles. The number of carbonyl (C=O) groups is 1. The van der Waals surface area contributed by atoms with Gasteiger partial charge in [-0.2, -0.15) is 0 Å². The molecule has 7 rings (SSSR count). The standard InChI is InChI=1S/C32H36O4/c1-3-30(36-19-35-2)28-14-25-5-4-6-26(23-7-9-24(10-8-23)31(33)34)27(25)15-29(28)32-16-20-11-21(17-32)13-22(12-20)18-32/h4-10,14-15,20-22,30H,3,11-13,16-19H2,1-2H3,(H,33,34). The minimum atomic E-state index is -0.894. The molecule has 0 amide bonds. The van der Waals surface area contributed by atoms with Gasteiger partial charge in [0.2, 0.25) is 0 Å². The highest BCUT2D eigenvalue weighted by Gasteiger charge is 2.52. The van der Waals surface area contributed by atoms with E-state index < -0.39 is 5.97 Å². The Kier molecular flexibility index (Phi) is 6.13. The maximum Gasteiger partial charge on any atom is 0.335 e. The first-order valence-corrected chi connectivity index (χ1v) is 13.5. The Balaban J connectivity index is 1.53. The highest BCUT2D eigenvalue weighted by atomic mass is 16.7. The zero-order valence-electron chi connectivity index (χ0n) is 21.3. The second-order valence-corrected chi connectivity index (χ2v) is 11.5. The fourth-order valence-corrected chi connectivity index (χ4v) is 8.13. The van der Waals surface area contributed by atoms with Gasteiger partial charge >= 0.3 is 5.97 Å². The van der Waals surface area contributed by atoms with Crippen LogP contribution in [0, 0.1) is 17.8 Å². The molecular weight excluding hydrogens is 448 g/mol. The first-order chi connectivity index (χ1) is 17.5. The van der Waals surface area contributed by atoms with Crippen LogP contribution < -0.4 is 0 Å². The number of rotatable bonds is 8. The molecule has 1 N–H and O–H groups in total. The normalized spacial score (nSPS) is 27.4. The molecule has 0 aliphatic heterocycles. The minimum Gasteiger partial charge on any atom is -0.478 e. The summed E-state index contributed by atoms with van der Waals surface area (Å²) in [6.07, 6.45) is 9.07. The Morgan fingerprint density at radius 3 is 2.25 bits per heavy atom. The summed E-state index contributed by atoms with van der Waals surface area (Å²) in [6.45, 7) is 2.50. The fraction of sp³-hybridized carbons (Fsp3) is 0.469. The predicted molar refractivity (Wildman–Crippen MR) is 142 cm³/mol. The van der Waals surface area contributed by atoms with Gasteiger partial charge in [0.25, 0.3) is 0 Å². The van der Waals surface area contributed by atoms with Crippen molar-refractivity contribution in [1.29, 1.82) is 0 Å². The summed E-state index contributed by atoms with van der Waals surface area (Å²) < 4.78 is 11.6. The van der Waals surface area contributed by atoms with Gasteiger partial charge in [-0.3, -0.25) is 0 Å². The highest BCUT2D eigenvalue weighted by Crippen LogP contribution is 2.62. The lowest BCUT2D eigenvalue weighted by atomic mass is 9.47. The summed E-state index contributed by atoms with van der Waals surface area (Å²) in [7, 11) is 1.69. The Morgan fingerprint density at radius 2 is 1.67 bits per heavy atom. The lowest BCUT2D eigenvalue weighted by Crippen LogP contribution is -2.49. The van der Waals surface area contributed by atoms with Gasteiger partial charge < -0.3 is 14.6 Å². The lowest BCUT2D eigenvalue weighted by molar-refractivity contribution is -0.0759. The van der Waals surface area contributed by atoms with Gasteiger partial charge in [0.15, 0.2) is 0 Å². The van der Waals surface area contributed by atoms with Gasteiger partial charge in [0.05, 0.1) is 11.7 Å². The van der Waals surface area contributed by atoms with Crippen molar-refractivity contribution in [2.24, 2.45) is 17.8 Å². The molecule has 1 unspecified atom stereocenters. The number of hydrogen-bond donors (Lipinski definition) is 1. The summed E-state index contributed by atoms with van der Waals surface area (Å²) in [5, 5.41) is 11.8. The van der Waals surface area contributed by atoms with E-state index in [-0.39, 0.29) is 11.5 Å². The van der Waals surface area contributed by atoms with Crippen LogP contribution in [0.25, 0.3) is 21.9 Å². The van der Waals surface area contributed by atoms with Gasteiger partial charge in [-0.05, 0) is 125 Å². The average Bonchev–Trinajstić information content (AvgIpc) is 2.87. The molecule has 0 saturated heterocycles. The number of carboxylic acid groups (broad SMARTS) is 1. The van der Waals surface area contributed by atoms with E-state index in [9.17, 15) is 9.90 Å². The van der Waals surface area contributed by atoms with Gasteiger partial charge in [0, 0.05) is 7.11 Å². The molecule has 3 aromatic carbocycles. The van der Waals surface area contributed by atoms with Gasteiger partial charge in [-0.25, -0.2) is 4.79 Å². The molecule has 4 nitrogen and oxygen atoms in total. The number of ether oxygens (including phenoxy) is 2. The van der Waals surface area contributed by atoms with Gasteiger partial charge in [-0.15, -0.1) is 0 Å². The van der Waals surface area contributed by atoms with Crippen LogP contribution in [-0.2, 0) is 14.9 Å². The zero-order chi connectivity index (χ0) is 24.9. The fourth-order valence-electron chi connectivity index (χ4n) is 8.13. The molecule has 0 spiro atoms. The molecule has 0 radical (unpaired) electrons. The number of aromatic carboxylic acids is 1. The third kappa shape index (κ3) is 4.05. The van der Waals surface area contributed by atoms with E-state index >= 15 is 0 Å². The summed E-state index contributed by atoms with van der Waals surface area (Å²) >= 11 is 0. The number of methoxy groups -OCH3 is 1. The van der Waals surface area contributed by atoms with E-state index in [0.29, 0.717) is 12.4 Å². The summed E-state index contributed by atoms with van der Waals surface area (Å²) in [5.41, 5.74) is 5.60. The topological polar surface area (TPSA) is 55.8 Å². The van der Waals surface area contributed by atoms with Gasteiger partial charge in [0.1, 0.15) is 6.79 Å². The van der Waals surface area contributed by atoms with E-state index in [1.54, 1.807) is 19.2 Å². The van der Waals surface area contributed by atoms with Crippen molar-refractivity contribution in [2.45, 2.75) is 63.4 Å². The quantitative estimate of drug-likeness (QED) is 0.332. The lowest BCUT2D eigenvalue weighted by Gasteiger charge is -2.57. The van der Waals surface area contributed by atoms with E-state index in [4.69, 9.17) is 9.47 Å². The Hall–Kier alpha value is -2.69.